The van der Waals surface area contributed by atoms with Gasteiger partial charge in [0.2, 0.25) is 17.7 Å². The van der Waals surface area contributed by atoms with E-state index in [0.29, 0.717) is 17.3 Å². The molecule has 11 heteroatoms. The fraction of sp³-hybridized carbons (Fsp3) is 0.0667. The van der Waals surface area contributed by atoms with Gasteiger partial charge in [-0.15, -0.1) is 5.10 Å². The Bertz CT molecular complexity index is 1110. The molecular weight excluding hydrogens is 360 g/mol. The molecule has 0 atom stereocenters. The molecule has 26 heavy (non-hydrogen) atoms. The summed E-state index contributed by atoms with van der Waals surface area (Å²) in [5.74, 6) is -0.433. The predicted molar refractivity (Wildman–Crippen MR) is 90.9 cm³/mol. The molecule has 0 aliphatic carbocycles. The molecule has 1 aliphatic rings. The summed E-state index contributed by atoms with van der Waals surface area (Å²) < 4.78 is 33.0. The van der Waals surface area contributed by atoms with Gasteiger partial charge in [-0.05, 0) is 18.2 Å². The third-order valence-electron chi connectivity index (χ3n) is 3.62. The van der Waals surface area contributed by atoms with Gasteiger partial charge in [0, 0.05) is 6.07 Å². The Balaban J connectivity index is 1.67. The van der Waals surface area contributed by atoms with Crippen LogP contribution in [0.2, 0.25) is 0 Å². The van der Waals surface area contributed by atoms with Crippen LogP contribution in [0.1, 0.15) is 10.6 Å². The highest BCUT2D eigenvalue weighted by Gasteiger charge is 2.30. The largest absolute Gasteiger partial charge is 0.481 e. The van der Waals surface area contributed by atoms with Crippen molar-refractivity contribution in [1.82, 2.24) is 19.7 Å². The van der Waals surface area contributed by atoms with E-state index in [4.69, 9.17) is 4.74 Å². The first-order valence-electron chi connectivity index (χ1n) is 7.38. The lowest BCUT2D eigenvalue weighted by Crippen LogP contribution is -2.23. The summed E-state index contributed by atoms with van der Waals surface area (Å²) in [7, 11) is -2.28. The summed E-state index contributed by atoms with van der Waals surface area (Å²) in [5.41, 5.74) is 0.739. The Hall–Kier alpha value is -3.47. The van der Waals surface area contributed by atoms with Crippen LogP contribution in [0.5, 0.6) is 5.88 Å². The zero-order chi connectivity index (χ0) is 18.3. The Labute approximate surface area is 147 Å². The Morgan fingerprint density at radius 1 is 1.23 bits per heavy atom. The zero-order valence-corrected chi connectivity index (χ0v) is 14.2. The number of carbonyl (C=O) groups excluding carboxylic acids is 1. The molecule has 3 aromatic rings. The van der Waals surface area contributed by atoms with Crippen molar-refractivity contribution in [1.29, 1.82) is 0 Å². The van der Waals surface area contributed by atoms with E-state index >= 15 is 0 Å². The second kappa shape index (κ2) is 5.81. The summed E-state index contributed by atoms with van der Waals surface area (Å²) in [6.07, 6.45) is 1.42. The molecule has 0 saturated heterocycles. The second-order valence-corrected chi connectivity index (χ2v) is 6.94. The van der Waals surface area contributed by atoms with Crippen LogP contribution in [-0.4, -0.2) is 41.2 Å². The predicted octanol–water partition coefficient (Wildman–Crippen LogP) is 1.04. The van der Waals surface area contributed by atoms with E-state index in [0.717, 1.165) is 0 Å². The molecular formula is C15H12N6O4S. The second-order valence-electron chi connectivity index (χ2n) is 5.29. The van der Waals surface area contributed by atoms with Crippen molar-refractivity contribution in [2.75, 3.05) is 17.1 Å². The molecule has 0 saturated carbocycles. The molecule has 0 fully saturated rings. The highest BCUT2D eigenvalue weighted by Crippen LogP contribution is 2.29. The highest BCUT2D eigenvalue weighted by molar-refractivity contribution is 7.92. The van der Waals surface area contributed by atoms with Crippen LogP contribution in [0, 0.1) is 0 Å². The number of nitrogens with one attached hydrogen (secondary N) is 2. The number of aromatic nitrogens is 4. The maximum atomic E-state index is 12.4. The lowest BCUT2D eigenvalue weighted by Gasteiger charge is -2.17. The third-order valence-corrected chi connectivity index (χ3v) is 5.00. The molecule has 2 aromatic heterocycles. The van der Waals surface area contributed by atoms with Gasteiger partial charge >= 0.3 is 0 Å². The summed E-state index contributed by atoms with van der Waals surface area (Å²) in [6, 6.07) is 9.51. The number of pyridine rings is 1. The van der Waals surface area contributed by atoms with Crippen molar-refractivity contribution < 1.29 is 17.9 Å². The van der Waals surface area contributed by atoms with E-state index in [9.17, 15) is 13.2 Å². The van der Waals surface area contributed by atoms with Crippen molar-refractivity contribution in [3.05, 3.63) is 48.4 Å². The number of fused-ring (bicyclic) bond motifs is 3. The summed E-state index contributed by atoms with van der Waals surface area (Å²) in [6.45, 7) is 0. The Morgan fingerprint density at radius 2 is 2.04 bits per heavy atom. The van der Waals surface area contributed by atoms with Crippen LogP contribution in [-0.2, 0) is 10.0 Å². The molecule has 3 heterocycles. The number of para-hydroxylation sites is 1. The fourth-order valence-electron chi connectivity index (χ4n) is 2.44. The molecule has 0 bridgehead atoms. The number of sulfonamides is 1. The van der Waals surface area contributed by atoms with Crippen molar-refractivity contribution in [3.63, 3.8) is 0 Å². The van der Waals surface area contributed by atoms with Crippen LogP contribution in [0.25, 0.3) is 5.69 Å². The van der Waals surface area contributed by atoms with Crippen molar-refractivity contribution in [3.8, 4) is 11.6 Å². The zero-order valence-electron chi connectivity index (χ0n) is 13.4. The summed E-state index contributed by atoms with van der Waals surface area (Å²) in [5, 5.41) is 6.70. The number of nitrogens with zero attached hydrogens (tertiary/aromatic N) is 4. The number of ether oxygens (including phenoxy) is 1. The van der Waals surface area contributed by atoms with Gasteiger partial charge in [-0.2, -0.15) is 9.67 Å². The maximum Gasteiger partial charge on any atom is 0.295 e. The lowest BCUT2D eigenvalue weighted by molar-refractivity contribution is 0.101. The lowest BCUT2D eigenvalue weighted by atomic mass is 10.3. The van der Waals surface area contributed by atoms with Gasteiger partial charge in [0.1, 0.15) is 4.90 Å². The number of rotatable bonds is 3. The molecule has 4 rings (SSSR count). The minimum Gasteiger partial charge on any atom is -0.481 e. The molecule has 1 aliphatic heterocycles. The van der Waals surface area contributed by atoms with Crippen LogP contribution in [0.3, 0.4) is 0 Å². The highest BCUT2D eigenvalue weighted by atomic mass is 32.2. The topological polar surface area (TPSA) is 128 Å². The van der Waals surface area contributed by atoms with Gasteiger partial charge in [0.15, 0.2) is 0 Å². The minimum absolute atomic E-state index is 0.0540. The van der Waals surface area contributed by atoms with Gasteiger partial charge in [-0.3, -0.25) is 4.79 Å². The molecule has 1 aromatic carbocycles. The van der Waals surface area contributed by atoms with Crippen molar-refractivity contribution >= 4 is 27.6 Å². The first kappa shape index (κ1) is 16.0. The number of methoxy groups -OCH3 is 1. The molecule has 2 N–H and O–H groups in total. The quantitative estimate of drug-likeness (QED) is 0.703. The molecule has 10 nitrogen and oxygen atoms in total. The number of carbonyl (C=O) groups is 1. The first-order chi connectivity index (χ1) is 12.5. The van der Waals surface area contributed by atoms with Crippen molar-refractivity contribution in [2.24, 2.45) is 0 Å². The first-order valence-corrected chi connectivity index (χ1v) is 8.87. The van der Waals surface area contributed by atoms with E-state index in [2.05, 4.69) is 25.1 Å². The Kier molecular flexibility index (Phi) is 3.58. The Morgan fingerprint density at radius 3 is 2.77 bits per heavy atom. The van der Waals surface area contributed by atoms with Gasteiger partial charge in [-0.1, -0.05) is 12.1 Å². The maximum absolute atomic E-state index is 12.4. The van der Waals surface area contributed by atoms with Crippen LogP contribution in [0.15, 0.2) is 47.5 Å². The van der Waals surface area contributed by atoms with E-state index in [1.807, 2.05) is 0 Å². The fourth-order valence-corrected chi connectivity index (χ4v) is 3.61. The smallest absolute Gasteiger partial charge is 0.295 e. The SMILES string of the molecule is COc1ccc(NC(=O)c2nc3n(n2)-c2ccccc2S(=O)(=O)N3)cn1. The average molecular weight is 372 g/mol. The third kappa shape index (κ3) is 2.63. The minimum atomic E-state index is -3.76. The average Bonchev–Trinajstić information content (AvgIpc) is 3.06. The van der Waals surface area contributed by atoms with Crippen LogP contribution < -0.4 is 14.8 Å². The number of amides is 1. The van der Waals surface area contributed by atoms with Crippen LogP contribution in [0.4, 0.5) is 11.6 Å². The van der Waals surface area contributed by atoms with Crippen LogP contribution >= 0.6 is 0 Å². The van der Waals surface area contributed by atoms with E-state index in [-0.39, 0.29) is 16.7 Å². The normalized spacial score (nSPS) is 13.9. The van der Waals surface area contributed by atoms with Gasteiger partial charge in [0.05, 0.1) is 24.7 Å². The number of benzene rings is 1. The molecule has 0 unspecified atom stereocenters. The molecule has 1 amide bonds. The van der Waals surface area contributed by atoms with Crippen molar-refractivity contribution in [2.45, 2.75) is 4.90 Å². The molecule has 132 valence electrons. The number of hydrogen-bond donors (Lipinski definition) is 2. The summed E-state index contributed by atoms with van der Waals surface area (Å²) >= 11 is 0. The monoisotopic (exact) mass is 372 g/mol. The number of hydrogen-bond acceptors (Lipinski definition) is 7. The van der Waals surface area contributed by atoms with Gasteiger partial charge < -0.3 is 10.1 Å². The molecule has 0 spiro atoms. The van der Waals surface area contributed by atoms with Gasteiger partial charge in [-0.25, -0.2) is 18.1 Å². The van der Waals surface area contributed by atoms with E-state index < -0.39 is 15.9 Å². The number of anilines is 2. The standard InChI is InChI=1S/C15H12N6O4S/c1-25-12-7-6-9(8-16-12)17-14(22)13-18-15-20-26(23,24)11-5-3-2-4-10(11)21(15)19-13/h2-8H,1H3,(H,17,22)(H,18,19,20). The van der Waals surface area contributed by atoms with Gasteiger partial charge in [0.25, 0.3) is 15.9 Å². The van der Waals surface area contributed by atoms with E-state index in [1.54, 1.807) is 30.3 Å². The molecule has 0 radical (unpaired) electrons. The summed E-state index contributed by atoms with van der Waals surface area (Å²) in [4.78, 5) is 20.4. The van der Waals surface area contributed by atoms with E-state index in [1.165, 1.54) is 24.1 Å².